The molecule has 30 heavy (non-hydrogen) atoms. The second-order valence-corrected chi connectivity index (χ2v) is 6.96. The van der Waals surface area contributed by atoms with Crippen LogP contribution in [0.25, 0.3) is 0 Å². The predicted octanol–water partition coefficient (Wildman–Crippen LogP) is 3.30. The molecule has 2 aromatic carbocycles. The molecule has 2 aromatic rings. The summed E-state index contributed by atoms with van der Waals surface area (Å²) in [4.78, 5) is 49.2. The Bertz CT molecular complexity index is 1130. The first-order valence-electron chi connectivity index (χ1n) is 9.26. The number of Topliss-reactive ketones (excluding diaryl/α,β-unsaturated/α-hetero) is 2. The van der Waals surface area contributed by atoms with E-state index < -0.39 is 27.0 Å². The Labute approximate surface area is 170 Å². The van der Waals surface area contributed by atoms with Crippen LogP contribution in [0.1, 0.15) is 33.6 Å². The van der Waals surface area contributed by atoms with Gasteiger partial charge in [-0.2, -0.15) is 0 Å². The molecule has 0 saturated carbocycles. The van der Waals surface area contributed by atoms with Crippen molar-refractivity contribution in [3.63, 3.8) is 0 Å². The van der Waals surface area contributed by atoms with Crippen LogP contribution in [0.4, 0.5) is 17.1 Å². The average Bonchev–Trinajstić information content (AvgIpc) is 3.26. The molecule has 1 aliphatic carbocycles. The number of hydrogen-bond donors (Lipinski definition) is 1. The van der Waals surface area contributed by atoms with Gasteiger partial charge in [-0.15, -0.1) is 0 Å². The largest absolute Gasteiger partial charge is 0.367 e. The van der Waals surface area contributed by atoms with Crippen molar-refractivity contribution in [2.24, 2.45) is 0 Å². The van der Waals surface area contributed by atoms with Gasteiger partial charge in [0.25, 0.3) is 11.4 Å². The molecular weight excluding hydrogens is 392 g/mol. The molecule has 4 rings (SSSR count). The number of nitro benzene ring substituents is 2. The predicted molar refractivity (Wildman–Crippen MR) is 106 cm³/mol. The number of carbonyl (C=O) groups is 2. The number of fused-ring (bicyclic) bond motifs is 1. The second kappa shape index (κ2) is 7.39. The van der Waals surface area contributed by atoms with Gasteiger partial charge in [-0.1, -0.05) is 24.3 Å². The summed E-state index contributed by atoms with van der Waals surface area (Å²) in [6.45, 7) is 1.17. The highest BCUT2D eigenvalue weighted by atomic mass is 16.6. The summed E-state index contributed by atoms with van der Waals surface area (Å²) in [5.41, 5.74) is -0.501. The van der Waals surface area contributed by atoms with Crippen LogP contribution in [0.5, 0.6) is 0 Å². The van der Waals surface area contributed by atoms with Gasteiger partial charge >= 0.3 is 0 Å². The Kier molecular flexibility index (Phi) is 4.74. The Morgan fingerprint density at radius 1 is 0.867 bits per heavy atom. The number of non-ortho nitro benzene ring substituents is 1. The van der Waals surface area contributed by atoms with Gasteiger partial charge < -0.3 is 10.2 Å². The van der Waals surface area contributed by atoms with Crippen LogP contribution in [-0.2, 0) is 0 Å². The maximum atomic E-state index is 13.2. The molecule has 10 nitrogen and oxygen atoms in total. The maximum absolute atomic E-state index is 13.2. The number of nitrogens with zero attached hydrogens (tertiary/aromatic N) is 3. The molecule has 0 atom stereocenters. The summed E-state index contributed by atoms with van der Waals surface area (Å²) in [5.74, 6) is -0.793. The lowest BCUT2D eigenvalue weighted by Gasteiger charge is -2.28. The van der Waals surface area contributed by atoms with Crippen molar-refractivity contribution < 1.29 is 19.4 Å². The third-order valence-electron chi connectivity index (χ3n) is 5.17. The first kappa shape index (κ1) is 19.2. The first-order valence-corrected chi connectivity index (χ1v) is 9.26. The smallest absolute Gasteiger partial charge is 0.299 e. The Morgan fingerprint density at radius 2 is 1.50 bits per heavy atom. The number of likely N-dealkylation sites (tertiary alicyclic amines) is 1. The third kappa shape index (κ3) is 3.17. The zero-order chi connectivity index (χ0) is 21.4. The van der Waals surface area contributed by atoms with Crippen LogP contribution in [0.15, 0.2) is 53.9 Å². The molecule has 1 aliphatic heterocycles. The van der Waals surface area contributed by atoms with Crippen LogP contribution in [-0.4, -0.2) is 39.4 Å². The number of anilines is 1. The van der Waals surface area contributed by atoms with Gasteiger partial charge in [0.1, 0.15) is 17.1 Å². The third-order valence-corrected chi connectivity index (χ3v) is 5.17. The number of ketones is 2. The molecule has 0 radical (unpaired) electrons. The number of rotatable bonds is 5. The van der Waals surface area contributed by atoms with E-state index in [1.165, 1.54) is 12.1 Å². The highest BCUT2D eigenvalue weighted by Gasteiger charge is 2.37. The Hall–Kier alpha value is -4.08. The number of nitrogens with one attached hydrogen (secondary N) is 1. The van der Waals surface area contributed by atoms with Crippen LogP contribution < -0.4 is 5.32 Å². The van der Waals surface area contributed by atoms with Crippen molar-refractivity contribution in [1.29, 1.82) is 0 Å². The van der Waals surface area contributed by atoms with Gasteiger partial charge in [-0.05, 0) is 18.9 Å². The fourth-order valence-electron chi connectivity index (χ4n) is 3.75. The molecule has 0 bridgehead atoms. The molecule has 1 saturated heterocycles. The fraction of sp³-hybridized carbons (Fsp3) is 0.200. The molecule has 152 valence electrons. The zero-order valence-electron chi connectivity index (χ0n) is 15.7. The topological polar surface area (TPSA) is 136 Å². The maximum Gasteiger partial charge on any atom is 0.299 e. The van der Waals surface area contributed by atoms with Crippen molar-refractivity contribution in [2.75, 3.05) is 18.4 Å². The molecule has 0 spiro atoms. The van der Waals surface area contributed by atoms with E-state index in [1.54, 1.807) is 23.1 Å². The highest BCUT2D eigenvalue weighted by molar-refractivity contribution is 6.27. The van der Waals surface area contributed by atoms with Gasteiger partial charge in [-0.3, -0.25) is 29.8 Å². The van der Waals surface area contributed by atoms with Crippen LogP contribution in [0.2, 0.25) is 0 Å². The van der Waals surface area contributed by atoms with E-state index in [0.717, 1.165) is 25.0 Å². The van der Waals surface area contributed by atoms with Crippen molar-refractivity contribution in [1.82, 2.24) is 4.90 Å². The molecule has 0 aromatic heterocycles. The SMILES string of the molecule is O=C1C(Nc2ccc([N+](=O)[O-])cc2[N+](=O)[O-])=C(N2CCCC2)C(=O)c2ccccc21. The molecular formula is C20H16N4O6. The Balaban J connectivity index is 1.85. The number of nitro groups is 2. The van der Waals surface area contributed by atoms with Crippen molar-refractivity contribution in [2.45, 2.75) is 12.8 Å². The first-order chi connectivity index (χ1) is 14.4. The molecule has 10 heteroatoms. The van der Waals surface area contributed by atoms with E-state index in [9.17, 15) is 29.8 Å². The lowest BCUT2D eigenvalue weighted by molar-refractivity contribution is -0.393. The molecule has 1 heterocycles. The van der Waals surface area contributed by atoms with E-state index in [-0.39, 0.29) is 34.0 Å². The van der Waals surface area contributed by atoms with E-state index in [1.807, 2.05) is 0 Å². The number of benzene rings is 2. The normalized spacial score (nSPS) is 15.9. The minimum atomic E-state index is -0.769. The summed E-state index contributed by atoms with van der Waals surface area (Å²) >= 11 is 0. The quantitative estimate of drug-likeness (QED) is 0.588. The highest BCUT2D eigenvalue weighted by Crippen LogP contribution is 2.35. The second-order valence-electron chi connectivity index (χ2n) is 6.96. The minimum absolute atomic E-state index is 0.0578. The average molecular weight is 408 g/mol. The van der Waals surface area contributed by atoms with E-state index in [2.05, 4.69) is 5.32 Å². The summed E-state index contributed by atoms with van der Waals surface area (Å²) in [5, 5.41) is 25.2. The van der Waals surface area contributed by atoms with E-state index in [0.29, 0.717) is 13.1 Å². The van der Waals surface area contributed by atoms with E-state index in [4.69, 9.17) is 0 Å². The van der Waals surface area contributed by atoms with Gasteiger partial charge in [0.15, 0.2) is 0 Å². The summed E-state index contributed by atoms with van der Waals surface area (Å²) in [6.07, 6.45) is 1.72. The van der Waals surface area contributed by atoms with Gasteiger partial charge in [0.05, 0.1) is 15.9 Å². The number of allylic oxidation sites excluding steroid dienone is 2. The zero-order valence-corrected chi connectivity index (χ0v) is 15.7. The molecule has 0 unspecified atom stereocenters. The van der Waals surface area contributed by atoms with E-state index >= 15 is 0 Å². The van der Waals surface area contributed by atoms with Crippen molar-refractivity contribution >= 4 is 28.6 Å². The summed E-state index contributed by atoms with van der Waals surface area (Å²) < 4.78 is 0. The number of carbonyl (C=O) groups excluding carboxylic acids is 2. The van der Waals surface area contributed by atoms with Crippen LogP contribution in [0, 0.1) is 20.2 Å². The monoisotopic (exact) mass is 408 g/mol. The lowest BCUT2D eigenvalue weighted by Crippen LogP contribution is -2.35. The summed E-state index contributed by atoms with van der Waals surface area (Å²) in [7, 11) is 0. The standard InChI is InChI=1S/C20H16N4O6/c25-19-13-5-1-2-6-14(13)20(26)18(22-9-3-4-10-22)17(19)21-15-8-7-12(23(27)28)11-16(15)24(29)30/h1-2,5-8,11,21H,3-4,9-10H2. The summed E-state index contributed by atoms with van der Waals surface area (Å²) in [6, 6.07) is 9.51. The fourth-order valence-corrected chi connectivity index (χ4v) is 3.75. The van der Waals surface area contributed by atoms with Gasteiger partial charge in [-0.25, -0.2) is 0 Å². The van der Waals surface area contributed by atoms with Gasteiger partial charge in [0, 0.05) is 30.3 Å². The van der Waals surface area contributed by atoms with Crippen LogP contribution >= 0.6 is 0 Å². The Morgan fingerprint density at radius 3 is 2.10 bits per heavy atom. The lowest BCUT2D eigenvalue weighted by atomic mass is 9.89. The van der Waals surface area contributed by atoms with Gasteiger partial charge in [0.2, 0.25) is 11.6 Å². The number of hydrogen-bond acceptors (Lipinski definition) is 8. The molecule has 0 amide bonds. The van der Waals surface area contributed by atoms with Crippen LogP contribution in [0.3, 0.4) is 0 Å². The van der Waals surface area contributed by atoms with Crippen molar-refractivity contribution in [3.05, 3.63) is 85.2 Å². The minimum Gasteiger partial charge on any atom is -0.367 e. The molecule has 1 fully saturated rings. The van der Waals surface area contributed by atoms with Crippen molar-refractivity contribution in [3.8, 4) is 0 Å². The molecule has 1 N–H and O–H groups in total. The molecule has 2 aliphatic rings.